The highest BCUT2D eigenvalue weighted by Gasteiger charge is 2.15. The Hall–Kier alpha value is -1.95. The Kier molecular flexibility index (Phi) is 6.02. The van der Waals surface area contributed by atoms with Gasteiger partial charge in [-0.3, -0.25) is 9.59 Å². The molecular formula is C19H24N2O3S. The molecule has 1 heterocycles. The molecule has 0 saturated heterocycles. The van der Waals surface area contributed by atoms with Crippen LogP contribution in [0.25, 0.3) is 10.2 Å². The van der Waals surface area contributed by atoms with Crippen molar-refractivity contribution in [2.75, 3.05) is 7.11 Å². The van der Waals surface area contributed by atoms with Gasteiger partial charge in [-0.05, 0) is 24.5 Å². The van der Waals surface area contributed by atoms with Crippen LogP contribution >= 0.6 is 11.3 Å². The summed E-state index contributed by atoms with van der Waals surface area (Å²) in [6.45, 7) is 0.0647. The van der Waals surface area contributed by atoms with Crippen LogP contribution in [0.3, 0.4) is 0 Å². The summed E-state index contributed by atoms with van der Waals surface area (Å²) in [6.07, 6.45) is 7.76. The summed E-state index contributed by atoms with van der Waals surface area (Å²) in [6, 6.07) is 7.76. The summed E-state index contributed by atoms with van der Waals surface area (Å²) in [5, 5.41) is 0. The van der Waals surface area contributed by atoms with E-state index < -0.39 is 0 Å². The number of thiazole rings is 1. The molecule has 1 aromatic carbocycles. The monoisotopic (exact) mass is 360 g/mol. The minimum absolute atomic E-state index is 0.0647. The normalized spacial score (nSPS) is 16.3. The number of hydrogen-bond donors (Lipinski definition) is 0. The highest BCUT2D eigenvalue weighted by Crippen LogP contribution is 2.27. The molecule has 134 valence electrons. The Balaban J connectivity index is 1.80. The Morgan fingerprint density at radius 3 is 2.76 bits per heavy atom. The Bertz CT molecular complexity index is 815. The van der Waals surface area contributed by atoms with Gasteiger partial charge in [0, 0.05) is 6.42 Å². The zero-order valence-corrected chi connectivity index (χ0v) is 15.4. The molecule has 0 bridgehead atoms. The van der Waals surface area contributed by atoms with Gasteiger partial charge in [0.05, 0.1) is 17.3 Å². The van der Waals surface area contributed by atoms with Crippen LogP contribution in [0.5, 0.6) is 0 Å². The van der Waals surface area contributed by atoms with E-state index >= 15 is 0 Å². The molecule has 3 rings (SSSR count). The molecule has 0 aliphatic heterocycles. The number of aromatic nitrogens is 1. The molecule has 0 spiro atoms. The third-order valence-corrected chi connectivity index (χ3v) is 5.87. The van der Waals surface area contributed by atoms with E-state index in [9.17, 15) is 9.59 Å². The summed E-state index contributed by atoms with van der Waals surface area (Å²) in [5.74, 6) is 0.216. The van der Waals surface area contributed by atoms with Gasteiger partial charge in [0.15, 0.2) is 4.80 Å². The van der Waals surface area contributed by atoms with Gasteiger partial charge in [-0.2, -0.15) is 4.99 Å². The first-order valence-electron chi connectivity index (χ1n) is 8.90. The van der Waals surface area contributed by atoms with E-state index in [1.54, 1.807) is 4.57 Å². The second kappa shape index (κ2) is 8.43. The third-order valence-electron chi connectivity index (χ3n) is 4.81. The predicted octanol–water partition coefficient (Wildman–Crippen LogP) is 3.66. The maximum Gasteiger partial charge on any atom is 0.325 e. The van der Waals surface area contributed by atoms with Crippen molar-refractivity contribution < 1.29 is 14.3 Å². The molecule has 1 amide bonds. The van der Waals surface area contributed by atoms with Gasteiger partial charge >= 0.3 is 5.97 Å². The van der Waals surface area contributed by atoms with E-state index in [0.29, 0.717) is 17.1 Å². The lowest BCUT2D eigenvalue weighted by Gasteiger charge is -2.20. The van der Waals surface area contributed by atoms with Crippen molar-refractivity contribution in [2.24, 2.45) is 10.9 Å². The molecule has 2 aromatic rings. The molecule has 0 radical (unpaired) electrons. The number of fused-ring (bicyclic) bond motifs is 1. The zero-order valence-electron chi connectivity index (χ0n) is 14.6. The number of esters is 1. The SMILES string of the molecule is COC(=O)Cn1c(=NC(=O)CCC2CCCCC2)sc2ccccc21. The van der Waals surface area contributed by atoms with Gasteiger partial charge in [-0.15, -0.1) is 0 Å². The fourth-order valence-corrected chi connectivity index (χ4v) is 4.47. The molecule has 1 saturated carbocycles. The molecule has 0 unspecified atom stereocenters. The summed E-state index contributed by atoms with van der Waals surface area (Å²) in [7, 11) is 1.36. The van der Waals surface area contributed by atoms with Crippen molar-refractivity contribution >= 4 is 33.4 Å². The summed E-state index contributed by atoms with van der Waals surface area (Å²) >= 11 is 1.43. The van der Waals surface area contributed by atoms with Crippen LogP contribution in [-0.4, -0.2) is 23.6 Å². The number of methoxy groups -OCH3 is 1. The third kappa shape index (κ3) is 4.57. The minimum Gasteiger partial charge on any atom is -0.468 e. The second-order valence-corrected chi connectivity index (χ2v) is 7.57. The van der Waals surface area contributed by atoms with Crippen molar-refractivity contribution in [1.82, 2.24) is 4.57 Å². The number of hydrogen-bond acceptors (Lipinski definition) is 4. The van der Waals surface area contributed by atoms with E-state index in [-0.39, 0.29) is 18.4 Å². The molecule has 1 aromatic heterocycles. The molecule has 5 nitrogen and oxygen atoms in total. The molecule has 6 heteroatoms. The number of benzene rings is 1. The van der Waals surface area contributed by atoms with E-state index in [0.717, 1.165) is 16.6 Å². The Morgan fingerprint density at radius 1 is 1.24 bits per heavy atom. The van der Waals surface area contributed by atoms with Gasteiger partial charge in [-0.1, -0.05) is 55.6 Å². The van der Waals surface area contributed by atoms with Crippen LogP contribution in [0.4, 0.5) is 0 Å². The second-order valence-electron chi connectivity index (χ2n) is 6.56. The predicted molar refractivity (Wildman–Crippen MR) is 98.2 cm³/mol. The maximum absolute atomic E-state index is 12.3. The summed E-state index contributed by atoms with van der Waals surface area (Å²) in [4.78, 5) is 29.0. The number of ether oxygens (including phenoxy) is 1. The summed E-state index contributed by atoms with van der Waals surface area (Å²) < 4.78 is 7.55. The van der Waals surface area contributed by atoms with Gasteiger partial charge in [0.2, 0.25) is 5.91 Å². The first kappa shape index (κ1) is 17.9. The Labute approximate surface area is 151 Å². The van der Waals surface area contributed by atoms with E-state index in [4.69, 9.17) is 4.74 Å². The van der Waals surface area contributed by atoms with Gasteiger partial charge in [0.25, 0.3) is 0 Å². The van der Waals surface area contributed by atoms with Gasteiger partial charge in [0.1, 0.15) is 6.54 Å². The van der Waals surface area contributed by atoms with Crippen LogP contribution in [0.1, 0.15) is 44.9 Å². The van der Waals surface area contributed by atoms with E-state index in [1.807, 2.05) is 24.3 Å². The average molecular weight is 360 g/mol. The largest absolute Gasteiger partial charge is 0.468 e. The molecule has 25 heavy (non-hydrogen) atoms. The van der Waals surface area contributed by atoms with Crippen molar-refractivity contribution in [2.45, 2.75) is 51.5 Å². The van der Waals surface area contributed by atoms with Gasteiger partial charge in [-0.25, -0.2) is 0 Å². The molecule has 1 fully saturated rings. The summed E-state index contributed by atoms with van der Waals surface area (Å²) in [5.41, 5.74) is 0.900. The van der Waals surface area contributed by atoms with Gasteiger partial charge < -0.3 is 9.30 Å². The topological polar surface area (TPSA) is 60.7 Å². The fraction of sp³-hybridized carbons (Fsp3) is 0.526. The zero-order chi connectivity index (χ0) is 17.6. The molecular weight excluding hydrogens is 336 g/mol. The van der Waals surface area contributed by atoms with Crippen molar-refractivity contribution in [3.05, 3.63) is 29.1 Å². The smallest absolute Gasteiger partial charge is 0.325 e. The van der Waals surface area contributed by atoms with Crippen LogP contribution in [-0.2, 0) is 20.9 Å². The van der Waals surface area contributed by atoms with Crippen LogP contribution in [0, 0.1) is 5.92 Å². The fourth-order valence-electron chi connectivity index (χ4n) is 3.42. The number of nitrogens with zero attached hydrogens (tertiary/aromatic N) is 2. The first-order chi connectivity index (χ1) is 12.2. The molecule has 0 N–H and O–H groups in total. The maximum atomic E-state index is 12.3. The quantitative estimate of drug-likeness (QED) is 0.765. The van der Waals surface area contributed by atoms with E-state index in [1.165, 1.54) is 50.6 Å². The minimum atomic E-state index is -0.348. The van der Waals surface area contributed by atoms with Crippen LogP contribution in [0.2, 0.25) is 0 Å². The highest BCUT2D eigenvalue weighted by atomic mass is 32.1. The number of carbonyl (C=O) groups excluding carboxylic acids is 2. The molecule has 0 atom stereocenters. The van der Waals surface area contributed by atoms with E-state index in [2.05, 4.69) is 4.99 Å². The highest BCUT2D eigenvalue weighted by molar-refractivity contribution is 7.16. The molecule has 1 aliphatic carbocycles. The lowest BCUT2D eigenvalue weighted by Crippen LogP contribution is -2.22. The average Bonchev–Trinajstić information content (AvgIpc) is 2.98. The number of rotatable bonds is 5. The number of amides is 1. The standard InChI is InChI=1S/C19H24N2O3S/c1-24-18(23)13-21-15-9-5-6-10-16(15)25-19(21)20-17(22)12-11-14-7-3-2-4-8-14/h5-6,9-10,14H,2-4,7-8,11-13H2,1H3. The number of carbonyl (C=O) groups is 2. The van der Waals surface area contributed by atoms with Crippen molar-refractivity contribution in [1.29, 1.82) is 0 Å². The first-order valence-corrected chi connectivity index (χ1v) is 9.72. The van der Waals surface area contributed by atoms with Crippen LogP contribution in [0.15, 0.2) is 29.3 Å². The lowest BCUT2D eigenvalue weighted by molar-refractivity contribution is -0.141. The van der Waals surface area contributed by atoms with Crippen LogP contribution < -0.4 is 4.80 Å². The van der Waals surface area contributed by atoms with Crippen molar-refractivity contribution in [3.8, 4) is 0 Å². The van der Waals surface area contributed by atoms with Crippen molar-refractivity contribution in [3.63, 3.8) is 0 Å². The number of para-hydroxylation sites is 1. The molecule has 1 aliphatic rings. The lowest BCUT2D eigenvalue weighted by atomic mass is 9.86. The Morgan fingerprint density at radius 2 is 2.00 bits per heavy atom.